The number of nitrogens with zero attached hydrogens (tertiary/aromatic N) is 3. The zero-order valence-corrected chi connectivity index (χ0v) is 21.3. The summed E-state index contributed by atoms with van der Waals surface area (Å²) in [7, 11) is 0. The molecule has 7 nitrogen and oxygen atoms in total. The molecule has 2 N–H and O–H groups in total. The van der Waals surface area contributed by atoms with Gasteiger partial charge in [0.25, 0.3) is 0 Å². The molecule has 0 bridgehead atoms. The number of hydrogen-bond acceptors (Lipinski definition) is 5. The van der Waals surface area contributed by atoms with Gasteiger partial charge in [-0.05, 0) is 18.1 Å². The molecule has 0 unspecified atom stereocenters. The number of morpholine rings is 1. The molecule has 8 heteroatoms. The van der Waals surface area contributed by atoms with Crippen LogP contribution in [0.5, 0.6) is 0 Å². The van der Waals surface area contributed by atoms with Gasteiger partial charge >= 0.3 is 0 Å². The highest BCUT2D eigenvalue weighted by molar-refractivity contribution is 14.0. The van der Waals surface area contributed by atoms with E-state index in [0.29, 0.717) is 13.1 Å². The third-order valence-corrected chi connectivity index (χ3v) is 5.42. The van der Waals surface area contributed by atoms with Crippen molar-refractivity contribution < 1.29 is 9.26 Å². The second-order valence-corrected chi connectivity index (χ2v) is 7.75. The molecule has 1 aliphatic heterocycles. The van der Waals surface area contributed by atoms with E-state index in [-0.39, 0.29) is 24.0 Å². The van der Waals surface area contributed by atoms with Crippen LogP contribution in [0.1, 0.15) is 23.7 Å². The number of rotatable bonds is 8. The Morgan fingerprint density at radius 1 is 1.00 bits per heavy atom. The highest BCUT2D eigenvalue weighted by Gasteiger charge is 2.13. The predicted molar refractivity (Wildman–Crippen MR) is 142 cm³/mol. The second-order valence-electron chi connectivity index (χ2n) is 7.75. The smallest absolute Gasteiger partial charge is 0.191 e. The minimum atomic E-state index is 0. The van der Waals surface area contributed by atoms with Crippen LogP contribution in [0, 0.1) is 0 Å². The van der Waals surface area contributed by atoms with Crippen LogP contribution in [-0.2, 0) is 24.4 Å². The van der Waals surface area contributed by atoms with Gasteiger partial charge in [-0.3, -0.25) is 4.90 Å². The largest absolute Gasteiger partial charge is 0.379 e. The Bertz CT molecular complexity index is 1000. The van der Waals surface area contributed by atoms with Crippen molar-refractivity contribution in [3.8, 4) is 11.3 Å². The number of halogens is 1. The molecule has 0 amide bonds. The summed E-state index contributed by atoms with van der Waals surface area (Å²) in [6, 6.07) is 20.5. The van der Waals surface area contributed by atoms with Crippen molar-refractivity contribution in [3.63, 3.8) is 0 Å². The topological polar surface area (TPSA) is 74.9 Å². The summed E-state index contributed by atoms with van der Waals surface area (Å²) in [6.07, 6.45) is 0. The van der Waals surface area contributed by atoms with Crippen LogP contribution in [-0.4, -0.2) is 48.9 Å². The summed E-state index contributed by atoms with van der Waals surface area (Å²) >= 11 is 0. The van der Waals surface area contributed by atoms with E-state index >= 15 is 0 Å². The molecule has 1 aliphatic rings. The van der Waals surface area contributed by atoms with Crippen molar-refractivity contribution >= 4 is 29.9 Å². The van der Waals surface area contributed by atoms with Crippen LogP contribution >= 0.6 is 24.0 Å². The minimum absolute atomic E-state index is 0. The fraction of sp³-hybridized carbons (Fsp3) is 0.360. The van der Waals surface area contributed by atoms with Gasteiger partial charge < -0.3 is 19.9 Å². The fourth-order valence-electron chi connectivity index (χ4n) is 3.68. The molecule has 4 rings (SSSR count). The lowest BCUT2D eigenvalue weighted by Crippen LogP contribution is -2.37. The fourth-order valence-corrected chi connectivity index (χ4v) is 3.68. The summed E-state index contributed by atoms with van der Waals surface area (Å²) in [5.74, 6) is 1.53. The zero-order chi connectivity index (χ0) is 22.0. The molecule has 1 saturated heterocycles. The first-order chi connectivity index (χ1) is 15.8. The first-order valence-electron chi connectivity index (χ1n) is 11.2. The lowest BCUT2D eigenvalue weighted by Gasteiger charge is -2.27. The molecule has 0 spiro atoms. The molecule has 2 heterocycles. The summed E-state index contributed by atoms with van der Waals surface area (Å²) < 4.78 is 11.0. The maximum atomic E-state index is 5.50. The molecular weight excluding hydrogens is 529 g/mol. The summed E-state index contributed by atoms with van der Waals surface area (Å²) in [5, 5.41) is 10.9. The van der Waals surface area contributed by atoms with Gasteiger partial charge in [-0.2, -0.15) is 0 Å². The summed E-state index contributed by atoms with van der Waals surface area (Å²) in [5.41, 5.74) is 4.41. The summed E-state index contributed by atoms with van der Waals surface area (Å²) in [4.78, 5) is 7.25. The Hall–Kier alpha value is -2.43. The highest BCUT2D eigenvalue weighted by atomic mass is 127. The van der Waals surface area contributed by atoms with Crippen molar-refractivity contribution in [2.24, 2.45) is 4.99 Å². The number of aromatic nitrogens is 1. The molecule has 0 saturated carbocycles. The third-order valence-electron chi connectivity index (χ3n) is 5.42. The first-order valence-corrected chi connectivity index (χ1v) is 11.2. The minimum Gasteiger partial charge on any atom is -0.379 e. The van der Waals surface area contributed by atoms with Crippen LogP contribution in [0.3, 0.4) is 0 Å². The SMILES string of the molecule is CCNC(=NCc1ccccc1CN1CCOCC1)NCc1cc(-c2ccccc2)on1.I. The second kappa shape index (κ2) is 13.3. The highest BCUT2D eigenvalue weighted by Crippen LogP contribution is 2.19. The van der Waals surface area contributed by atoms with Gasteiger partial charge in [-0.25, -0.2) is 4.99 Å². The van der Waals surface area contributed by atoms with E-state index in [1.807, 2.05) is 36.4 Å². The van der Waals surface area contributed by atoms with Crippen LogP contribution in [0.15, 0.2) is 70.2 Å². The van der Waals surface area contributed by atoms with E-state index in [0.717, 1.165) is 62.4 Å². The number of guanidine groups is 1. The van der Waals surface area contributed by atoms with E-state index in [1.165, 1.54) is 11.1 Å². The van der Waals surface area contributed by atoms with E-state index in [9.17, 15) is 0 Å². The van der Waals surface area contributed by atoms with Crippen molar-refractivity contribution in [1.82, 2.24) is 20.7 Å². The molecule has 0 radical (unpaired) electrons. The Morgan fingerprint density at radius 3 is 2.48 bits per heavy atom. The van der Waals surface area contributed by atoms with Gasteiger partial charge in [0.15, 0.2) is 11.7 Å². The molecule has 1 fully saturated rings. The number of ether oxygens (including phenoxy) is 1. The predicted octanol–water partition coefficient (Wildman–Crippen LogP) is 4.05. The average Bonchev–Trinajstić information content (AvgIpc) is 3.32. The van der Waals surface area contributed by atoms with Crippen molar-refractivity contribution in [2.75, 3.05) is 32.8 Å². The van der Waals surface area contributed by atoms with Gasteiger partial charge in [-0.1, -0.05) is 59.8 Å². The van der Waals surface area contributed by atoms with Crippen molar-refractivity contribution in [3.05, 3.63) is 77.5 Å². The normalized spacial score (nSPS) is 14.5. The number of benzene rings is 2. The van der Waals surface area contributed by atoms with Gasteiger partial charge in [0.05, 0.1) is 26.3 Å². The van der Waals surface area contributed by atoms with E-state index in [1.54, 1.807) is 0 Å². The van der Waals surface area contributed by atoms with Crippen LogP contribution in [0.25, 0.3) is 11.3 Å². The Morgan fingerprint density at radius 2 is 1.73 bits per heavy atom. The van der Waals surface area contributed by atoms with Crippen molar-refractivity contribution in [2.45, 2.75) is 26.6 Å². The number of hydrogen-bond donors (Lipinski definition) is 2. The molecular formula is C25H32IN5O2. The van der Waals surface area contributed by atoms with Gasteiger partial charge in [0.2, 0.25) is 0 Å². The Balaban J connectivity index is 0.00000306. The lowest BCUT2D eigenvalue weighted by molar-refractivity contribution is 0.0341. The number of nitrogens with one attached hydrogen (secondary N) is 2. The van der Waals surface area contributed by atoms with Gasteiger partial charge in [-0.15, -0.1) is 24.0 Å². The Kier molecular flexibility index (Phi) is 10.2. The third kappa shape index (κ3) is 7.55. The molecule has 1 aromatic heterocycles. The molecule has 0 aliphatic carbocycles. The van der Waals surface area contributed by atoms with Crippen LogP contribution in [0.2, 0.25) is 0 Å². The molecule has 33 heavy (non-hydrogen) atoms. The Labute approximate surface area is 212 Å². The quantitative estimate of drug-likeness (QED) is 0.246. The van der Waals surface area contributed by atoms with Gasteiger partial charge in [0.1, 0.15) is 5.69 Å². The van der Waals surface area contributed by atoms with Crippen molar-refractivity contribution in [1.29, 1.82) is 0 Å². The molecule has 2 aromatic carbocycles. The van der Waals surface area contributed by atoms with E-state index in [4.69, 9.17) is 14.3 Å². The van der Waals surface area contributed by atoms with E-state index < -0.39 is 0 Å². The first kappa shape index (κ1) is 25.2. The van der Waals surface area contributed by atoms with Crippen LogP contribution in [0.4, 0.5) is 0 Å². The molecule has 176 valence electrons. The molecule has 3 aromatic rings. The van der Waals surface area contributed by atoms with Crippen LogP contribution < -0.4 is 10.6 Å². The lowest BCUT2D eigenvalue weighted by atomic mass is 10.1. The van der Waals surface area contributed by atoms with Gasteiger partial charge in [0, 0.05) is 37.8 Å². The maximum absolute atomic E-state index is 5.50. The summed E-state index contributed by atoms with van der Waals surface area (Å²) in [6.45, 7) is 8.50. The molecule has 0 atom stereocenters. The zero-order valence-electron chi connectivity index (χ0n) is 19.0. The monoisotopic (exact) mass is 561 g/mol. The number of aliphatic imine (C=N–C) groups is 1. The maximum Gasteiger partial charge on any atom is 0.191 e. The van der Waals surface area contributed by atoms with E-state index in [2.05, 4.69) is 51.9 Å². The standard InChI is InChI=1S/C25H31N5O2.HI/c1-2-26-25(28-18-23-16-24(32-29-23)20-8-4-3-5-9-20)27-17-21-10-6-7-11-22(21)19-30-12-14-31-15-13-30;/h3-11,16H,2,12-15,17-19H2,1H3,(H2,26,27,28);1H. The average molecular weight is 561 g/mol.